The number of benzene rings is 2. The third-order valence-corrected chi connectivity index (χ3v) is 6.34. The van der Waals surface area contributed by atoms with Gasteiger partial charge in [0, 0.05) is 18.1 Å². The molecule has 1 aliphatic heterocycles. The molecule has 0 spiro atoms. The van der Waals surface area contributed by atoms with E-state index in [2.05, 4.69) is 78.4 Å². The van der Waals surface area contributed by atoms with Crippen molar-refractivity contribution in [2.45, 2.75) is 58.4 Å². The molecule has 1 aliphatic carbocycles. The summed E-state index contributed by atoms with van der Waals surface area (Å²) in [5.41, 5.74) is 7.38. The first-order chi connectivity index (χ1) is 13.0. The first-order valence-corrected chi connectivity index (χ1v) is 9.85. The van der Waals surface area contributed by atoms with Crippen molar-refractivity contribution in [2.24, 2.45) is 0 Å². The second-order valence-electron chi connectivity index (χ2n) is 7.86. The van der Waals surface area contributed by atoms with Gasteiger partial charge >= 0.3 is 0 Å². The van der Waals surface area contributed by atoms with Crippen molar-refractivity contribution in [3.05, 3.63) is 71.2 Å². The molecule has 1 unspecified atom stereocenters. The molecule has 1 atom stereocenters. The minimum absolute atomic E-state index is 0.524. The lowest BCUT2D eigenvalue weighted by Gasteiger charge is -2.14. The van der Waals surface area contributed by atoms with E-state index in [9.17, 15) is 1.37 Å². The summed E-state index contributed by atoms with van der Waals surface area (Å²) < 4.78 is 14.1. The fourth-order valence-electron chi connectivity index (χ4n) is 5.10. The predicted octanol–water partition coefficient (Wildman–Crippen LogP) is 5.63. The van der Waals surface area contributed by atoms with Crippen molar-refractivity contribution in [3.8, 4) is 16.9 Å². The second-order valence-corrected chi connectivity index (χ2v) is 7.86. The highest BCUT2D eigenvalue weighted by molar-refractivity contribution is 5.68. The van der Waals surface area contributed by atoms with Gasteiger partial charge in [-0.25, -0.2) is 4.57 Å². The van der Waals surface area contributed by atoms with E-state index in [1.165, 1.54) is 59.7 Å². The standard InChI is InChI=1S/C24H27N2/c1-16-10-4-9-15-22(16)25-18(3)23-21-14-8-7-13-20(21)17(2)26(23)24(25)19-11-5-6-12-19/h4,7-10,13-15,17,19H,5-6,11-12H2,1-3H3/q+1/i17D. The molecule has 0 radical (unpaired) electrons. The quantitative estimate of drug-likeness (QED) is 0.533. The van der Waals surface area contributed by atoms with E-state index < -0.39 is 6.02 Å². The van der Waals surface area contributed by atoms with Gasteiger partial charge in [-0.15, -0.1) is 0 Å². The topological polar surface area (TPSA) is 8.81 Å². The summed E-state index contributed by atoms with van der Waals surface area (Å²) in [5.74, 6) is 1.85. The van der Waals surface area contributed by atoms with Crippen LogP contribution in [-0.2, 0) is 0 Å². The summed E-state index contributed by atoms with van der Waals surface area (Å²) >= 11 is 0. The molecule has 132 valence electrons. The van der Waals surface area contributed by atoms with Crippen molar-refractivity contribution in [2.75, 3.05) is 0 Å². The van der Waals surface area contributed by atoms with Gasteiger partial charge in [0.1, 0.15) is 11.7 Å². The summed E-state index contributed by atoms with van der Waals surface area (Å²) in [5, 5.41) is 0. The molecule has 1 saturated carbocycles. The van der Waals surface area contributed by atoms with Gasteiger partial charge in [-0.05, 0) is 38.3 Å². The predicted molar refractivity (Wildman–Crippen MR) is 106 cm³/mol. The summed E-state index contributed by atoms with van der Waals surface area (Å²) in [6, 6.07) is 16.4. The van der Waals surface area contributed by atoms with E-state index in [1.54, 1.807) is 0 Å². The molecule has 0 saturated heterocycles. The lowest BCUT2D eigenvalue weighted by atomic mass is 10.0. The molecule has 2 aromatic carbocycles. The molecular weight excluding hydrogens is 316 g/mol. The molecule has 1 fully saturated rings. The third-order valence-electron chi connectivity index (χ3n) is 6.34. The average molecular weight is 345 g/mol. The van der Waals surface area contributed by atoms with Crippen molar-refractivity contribution in [3.63, 3.8) is 0 Å². The number of aromatic nitrogens is 2. The van der Waals surface area contributed by atoms with E-state index in [0.717, 1.165) is 5.56 Å². The Morgan fingerprint density at radius 1 is 1.00 bits per heavy atom. The van der Waals surface area contributed by atoms with Gasteiger partial charge in [-0.1, -0.05) is 55.3 Å². The number of hydrogen-bond acceptors (Lipinski definition) is 0. The largest absolute Gasteiger partial charge is 0.266 e. The molecule has 2 aliphatic rings. The van der Waals surface area contributed by atoms with Crippen LogP contribution in [0.15, 0.2) is 48.5 Å². The van der Waals surface area contributed by atoms with Gasteiger partial charge in [-0.2, -0.15) is 4.57 Å². The van der Waals surface area contributed by atoms with Crippen LogP contribution in [0.5, 0.6) is 0 Å². The molecule has 26 heavy (non-hydrogen) atoms. The Labute approximate surface area is 157 Å². The Morgan fingerprint density at radius 3 is 2.46 bits per heavy atom. The maximum absolute atomic E-state index is 9.33. The highest BCUT2D eigenvalue weighted by Crippen LogP contribution is 2.43. The van der Waals surface area contributed by atoms with E-state index in [-0.39, 0.29) is 0 Å². The van der Waals surface area contributed by atoms with Crippen molar-refractivity contribution >= 4 is 0 Å². The molecule has 0 amide bonds. The van der Waals surface area contributed by atoms with Crippen molar-refractivity contribution in [1.82, 2.24) is 4.57 Å². The number of nitrogens with zero attached hydrogens (tertiary/aromatic N) is 2. The number of fused-ring (bicyclic) bond motifs is 3. The van der Waals surface area contributed by atoms with Gasteiger partial charge < -0.3 is 0 Å². The van der Waals surface area contributed by atoms with Crippen LogP contribution in [0.3, 0.4) is 0 Å². The summed E-state index contributed by atoms with van der Waals surface area (Å²) in [7, 11) is 0. The highest BCUT2D eigenvalue weighted by Gasteiger charge is 2.43. The SMILES string of the molecule is [2H]C1(C)c2ccccc2-c2c(C)n(-c3ccccc3C)c(C3CCCC3)[n+]21. The van der Waals surface area contributed by atoms with E-state index in [1.807, 2.05) is 0 Å². The minimum Gasteiger partial charge on any atom is -0.220 e. The molecule has 0 bridgehead atoms. The summed E-state index contributed by atoms with van der Waals surface area (Å²) in [6.07, 6.45) is 5.03. The molecule has 2 heterocycles. The molecular formula is C24H27N2+. The Morgan fingerprint density at radius 2 is 1.69 bits per heavy atom. The third kappa shape index (κ3) is 2.08. The van der Waals surface area contributed by atoms with Crippen LogP contribution < -0.4 is 4.57 Å². The fraction of sp³-hybridized carbons (Fsp3) is 0.375. The maximum atomic E-state index is 9.33. The van der Waals surface area contributed by atoms with Gasteiger partial charge in [0.2, 0.25) is 0 Å². The van der Waals surface area contributed by atoms with Gasteiger partial charge in [0.05, 0.1) is 7.29 Å². The van der Waals surface area contributed by atoms with Gasteiger partial charge in [-0.3, -0.25) is 0 Å². The first-order valence-electron chi connectivity index (χ1n) is 10.4. The Bertz CT molecular complexity index is 1040. The monoisotopic (exact) mass is 344 g/mol. The number of imidazole rings is 1. The number of para-hydroxylation sites is 1. The Hall–Kier alpha value is -2.35. The minimum atomic E-state index is -0.761. The Balaban J connectivity index is 1.89. The number of rotatable bonds is 2. The van der Waals surface area contributed by atoms with E-state index in [4.69, 9.17) is 0 Å². The van der Waals surface area contributed by atoms with Gasteiger partial charge in [0.15, 0.2) is 11.4 Å². The Kier molecular flexibility index (Phi) is 3.32. The van der Waals surface area contributed by atoms with E-state index >= 15 is 0 Å². The summed E-state index contributed by atoms with van der Waals surface area (Å²) in [4.78, 5) is 0. The van der Waals surface area contributed by atoms with Crippen molar-refractivity contribution < 1.29 is 5.94 Å². The highest BCUT2D eigenvalue weighted by atomic mass is 15.2. The molecule has 5 rings (SSSR count). The molecule has 0 N–H and O–H groups in total. The first kappa shape index (κ1) is 14.8. The zero-order valence-electron chi connectivity index (χ0n) is 16.9. The number of aryl methyl sites for hydroxylation is 1. The molecule has 2 heteroatoms. The average Bonchev–Trinajstić information content (AvgIpc) is 3.33. The van der Waals surface area contributed by atoms with Crippen LogP contribution in [0.1, 0.15) is 68.6 Å². The van der Waals surface area contributed by atoms with Crippen LogP contribution in [-0.4, -0.2) is 4.57 Å². The fourth-order valence-corrected chi connectivity index (χ4v) is 5.10. The van der Waals surface area contributed by atoms with Crippen LogP contribution >= 0.6 is 0 Å². The molecule has 1 aromatic heterocycles. The lowest BCUT2D eigenvalue weighted by molar-refractivity contribution is -0.702. The van der Waals surface area contributed by atoms with Crippen molar-refractivity contribution in [1.29, 1.82) is 0 Å². The van der Waals surface area contributed by atoms with E-state index in [0.29, 0.717) is 5.92 Å². The molecule has 2 nitrogen and oxygen atoms in total. The van der Waals surface area contributed by atoms with Crippen LogP contribution in [0, 0.1) is 13.8 Å². The number of hydrogen-bond donors (Lipinski definition) is 0. The van der Waals surface area contributed by atoms with Crippen LogP contribution in [0.2, 0.25) is 0 Å². The van der Waals surface area contributed by atoms with Gasteiger partial charge in [0.25, 0.3) is 5.82 Å². The maximum Gasteiger partial charge on any atom is 0.266 e. The lowest BCUT2D eigenvalue weighted by Crippen LogP contribution is -2.41. The smallest absolute Gasteiger partial charge is 0.220 e. The molecule has 3 aromatic rings. The zero-order valence-corrected chi connectivity index (χ0v) is 15.9. The van der Waals surface area contributed by atoms with Crippen LogP contribution in [0.4, 0.5) is 0 Å². The second kappa shape index (κ2) is 5.84. The summed E-state index contributed by atoms with van der Waals surface area (Å²) in [6.45, 7) is 6.48. The normalized spacial score (nSPS) is 22.3. The zero-order chi connectivity index (χ0) is 18.8. The van der Waals surface area contributed by atoms with Crippen LogP contribution in [0.25, 0.3) is 16.9 Å².